The molecule has 12 nitrogen and oxygen atoms in total. The van der Waals surface area contributed by atoms with Gasteiger partial charge < -0.3 is 45.6 Å². The summed E-state index contributed by atoms with van der Waals surface area (Å²) >= 11 is 0. The van der Waals surface area contributed by atoms with Crippen LogP contribution in [0.25, 0.3) is 101 Å². The summed E-state index contributed by atoms with van der Waals surface area (Å²) in [6.07, 6.45) is -7.39. The second-order valence-corrected chi connectivity index (χ2v) is 32.4. The summed E-state index contributed by atoms with van der Waals surface area (Å²) in [4.78, 5) is 28.5. The molecule has 0 amide bonds. The molecular formula is C99H107F10Ir3N6O6-3. The third-order valence-corrected chi connectivity index (χ3v) is 19.3. The minimum Gasteiger partial charge on any atom is -0.393 e. The predicted octanol–water partition coefficient (Wildman–Crippen LogP) is 23.6. The van der Waals surface area contributed by atoms with E-state index in [0.717, 1.165) is 90.7 Å². The molecule has 0 aliphatic rings. The van der Waals surface area contributed by atoms with Gasteiger partial charge in [-0.25, -0.2) is 13.2 Å². The van der Waals surface area contributed by atoms with E-state index in [1.807, 2.05) is 178 Å². The fourth-order valence-electron chi connectivity index (χ4n) is 11.7. The van der Waals surface area contributed by atoms with Crippen molar-refractivity contribution < 1.29 is 135 Å². The van der Waals surface area contributed by atoms with Gasteiger partial charge in [-0.1, -0.05) is 209 Å². The number of hydrogen-bond acceptors (Lipinski definition) is 12. The first kappa shape index (κ1) is 108. The molecule has 3 heterocycles. The largest absolute Gasteiger partial charge is 0.459 e. The fraction of sp³-hybridized carbons (Fsp3) is 0.333. The van der Waals surface area contributed by atoms with Crippen LogP contribution in [0.15, 0.2) is 219 Å². The minimum atomic E-state index is -6.50. The molecule has 0 aliphatic heterocycles. The molecular weight excluding hydrogens is 2140 g/mol. The number of alkyl halides is 7. The van der Waals surface area contributed by atoms with Crippen LogP contribution < -0.4 is 0 Å². The molecule has 0 saturated heterocycles. The number of aromatic nitrogens is 6. The topological polar surface area (TPSA) is 199 Å². The summed E-state index contributed by atoms with van der Waals surface area (Å²) in [7, 11) is 0. The van der Waals surface area contributed by atoms with Crippen molar-refractivity contribution >= 4 is 0 Å². The maximum Gasteiger partial charge on any atom is 0.459 e. The van der Waals surface area contributed by atoms with E-state index in [9.17, 15) is 64.3 Å². The van der Waals surface area contributed by atoms with Crippen molar-refractivity contribution in [1.82, 2.24) is 29.9 Å². The molecule has 124 heavy (non-hydrogen) atoms. The van der Waals surface area contributed by atoms with Gasteiger partial charge in [-0.05, 0) is 123 Å². The first-order valence-corrected chi connectivity index (χ1v) is 39.8. The van der Waals surface area contributed by atoms with E-state index >= 15 is 0 Å². The number of nitrogens with zero attached hydrogens (tertiary/aromatic N) is 6. The van der Waals surface area contributed by atoms with E-state index in [4.69, 9.17) is 25.2 Å². The number of aliphatic hydroxyl groups is 6. The van der Waals surface area contributed by atoms with Gasteiger partial charge in [0.05, 0.1) is 64.7 Å². The molecule has 3 aromatic heterocycles. The fourth-order valence-corrected chi connectivity index (χ4v) is 11.7. The summed E-state index contributed by atoms with van der Waals surface area (Å²) in [6, 6.07) is 71.5. The SMILES string of the molecule is CC(C)(C)C(O)CC(O)C(F)(F)C(F)(F)C(F)(F)F.CC(C)C(O)CC(O)C(C)C.CC(C)CC(O)CC(C)O.Cc1c[c-]c(-c2ncc(-c3cccc(F)c3)nc2-c2ccc(C)cc2)cc1.Cc1c[c-]c(-c2ncc(-c3cccc(F)c3)nc2-c2ccc(C)cc2)cc1.Cc1c[c-]c(-c2ncc(-c3cccc(F)c3)nc2-c2ccc(C)cc2)cc1.[Ir].[Ir].[Ir]. The molecule has 6 N–H and O–H groups in total. The number of hydrogen-bond donors (Lipinski definition) is 6. The van der Waals surface area contributed by atoms with Gasteiger partial charge >= 0.3 is 18.0 Å². The standard InChI is InChI=1S/3C24H18FN2.C10H15F7O2.C9H20O2.C8H18O2.3Ir/c3*1-16-6-10-18(11-7-16)23-24(19-12-8-17(2)9-13-19)27-22(15-26-23)20-4-3-5-21(25)14-20;1-7(2,3)5(18)4-6(19)8(11,12)9(13,14)10(15,16)17;1-6(2)8(10)5-9(11)7(3)4;1-6(2)4-8(10)5-7(3)9;;;/h3*3-10,12-15H,1-2H3;5-6,18-19H,4H2,1-3H3;6-11H,5H2,1-4H3;6-10H,4-5H2,1-3H3;;;/q3*-1;;;;;;. The maximum absolute atomic E-state index is 13.6. The summed E-state index contributed by atoms with van der Waals surface area (Å²) in [6.45, 7) is 29.9. The molecule has 0 spiro atoms. The minimum absolute atomic E-state index is 0. The van der Waals surface area contributed by atoms with Crippen LogP contribution in [-0.2, 0) is 60.3 Å². The van der Waals surface area contributed by atoms with Crippen molar-refractivity contribution in [2.24, 2.45) is 23.2 Å². The van der Waals surface area contributed by atoms with Crippen molar-refractivity contribution in [1.29, 1.82) is 0 Å². The van der Waals surface area contributed by atoms with Crippen LogP contribution in [0.5, 0.6) is 0 Å². The van der Waals surface area contributed by atoms with Gasteiger partial charge in [0.25, 0.3) is 0 Å². The normalized spacial score (nSPS) is 12.8. The van der Waals surface area contributed by atoms with Crippen molar-refractivity contribution in [2.75, 3.05) is 0 Å². The average molecular weight is 2240 g/mol. The first-order chi connectivity index (χ1) is 56.8. The van der Waals surface area contributed by atoms with E-state index in [1.165, 1.54) is 73.9 Å². The van der Waals surface area contributed by atoms with Crippen LogP contribution in [0.4, 0.5) is 43.9 Å². The maximum atomic E-state index is 13.6. The van der Waals surface area contributed by atoms with Crippen molar-refractivity contribution in [3.63, 3.8) is 0 Å². The molecule has 9 aromatic carbocycles. The van der Waals surface area contributed by atoms with Crippen LogP contribution >= 0.6 is 0 Å². The number of aliphatic hydroxyl groups excluding tert-OH is 6. The molecule has 0 fully saturated rings. The Hall–Kier alpha value is -8.77. The summed E-state index contributed by atoms with van der Waals surface area (Å²) in [5.41, 5.74) is 20.1. The van der Waals surface area contributed by atoms with Gasteiger partial charge in [0.15, 0.2) is 0 Å². The van der Waals surface area contributed by atoms with Gasteiger partial charge in [0.2, 0.25) is 0 Å². The first-order valence-electron chi connectivity index (χ1n) is 39.8. The Morgan fingerprint density at radius 1 is 0.339 bits per heavy atom. The second-order valence-electron chi connectivity index (χ2n) is 32.4. The number of aryl methyl sites for hydroxylation is 6. The Morgan fingerprint density at radius 3 is 0.863 bits per heavy atom. The Labute approximate surface area is 762 Å². The third-order valence-electron chi connectivity index (χ3n) is 19.3. The molecule has 0 saturated carbocycles. The molecule has 6 unspecified atom stereocenters. The average Bonchev–Trinajstić information content (AvgIpc) is 0.765. The smallest absolute Gasteiger partial charge is 0.393 e. The van der Waals surface area contributed by atoms with Crippen LogP contribution in [-0.4, -0.2) is 115 Å². The van der Waals surface area contributed by atoms with Crippen molar-refractivity contribution in [3.8, 4) is 101 Å². The van der Waals surface area contributed by atoms with E-state index in [2.05, 4.69) is 83.4 Å². The van der Waals surface area contributed by atoms with Gasteiger partial charge in [0.1, 0.15) is 23.6 Å². The van der Waals surface area contributed by atoms with Crippen LogP contribution in [0.3, 0.4) is 0 Å². The van der Waals surface area contributed by atoms with E-state index in [-0.39, 0.29) is 114 Å². The van der Waals surface area contributed by atoms with E-state index in [0.29, 0.717) is 52.5 Å². The number of benzene rings is 9. The van der Waals surface area contributed by atoms with Gasteiger partial charge in [-0.2, -0.15) is 30.7 Å². The Morgan fingerprint density at radius 2 is 0.629 bits per heavy atom. The summed E-state index contributed by atoms with van der Waals surface area (Å²) in [5.74, 6) is -12.0. The molecule has 12 rings (SSSR count). The Balaban J connectivity index is 0.000000322. The predicted molar refractivity (Wildman–Crippen MR) is 460 cm³/mol. The second kappa shape index (κ2) is 49.4. The van der Waals surface area contributed by atoms with Crippen molar-refractivity contribution in [2.45, 2.75) is 191 Å². The zero-order valence-electron chi connectivity index (χ0n) is 72.0. The summed E-state index contributed by atoms with van der Waals surface area (Å²) in [5, 5.41) is 55.2. The number of halogens is 10. The molecule has 0 bridgehead atoms. The zero-order valence-corrected chi connectivity index (χ0v) is 79.1. The van der Waals surface area contributed by atoms with E-state index in [1.54, 1.807) is 43.7 Å². The monoisotopic (exact) mass is 2240 g/mol. The Bertz CT molecular complexity index is 4770. The molecule has 12 aromatic rings. The number of rotatable bonds is 21. The van der Waals surface area contributed by atoms with Gasteiger partial charge in [0, 0.05) is 119 Å². The van der Waals surface area contributed by atoms with Crippen LogP contribution in [0.1, 0.15) is 128 Å². The van der Waals surface area contributed by atoms with Gasteiger partial charge in [-0.3, -0.25) is 15.0 Å². The molecule has 669 valence electrons. The van der Waals surface area contributed by atoms with E-state index < -0.39 is 42.1 Å². The third kappa shape index (κ3) is 32.3. The Kier molecular flexibility index (Phi) is 42.8. The van der Waals surface area contributed by atoms with Crippen LogP contribution in [0.2, 0.25) is 0 Å². The summed E-state index contributed by atoms with van der Waals surface area (Å²) < 4.78 is 128. The molecule has 3 radical (unpaired) electrons. The van der Waals surface area contributed by atoms with Crippen LogP contribution in [0, 0.1) is 100 Å². The quantitative estimate of drug-likeness (QED) is 0.0294. The molecule has 25 heteroatoms. The molecule has 6 atom stereocenters. The van der Waals surface area contributed by atoms with Crippen molar-refractivity contribution in [3.05, 3.63) is 288 Å². The molecule has 0 aliphatic carbocycles. The van der Waals surface area contributed by atoms with Gasteiger partial charge in [-0.15, -0.1) is 106 Å². The zero-order chi connectivity index (χ0) is 89.4.